The zero-order valence-electron chi connectivity index (χ0n) is 11.0. The second-order valence-electron chi connectivity index (χ2n) is 6.22. The van der Waals surface area contributed by atoms with Gasteiger partial charge in [-0.2, -0.15) is 0 Å². The van der Waals surface area contributed by atoms with Gasteiger partial charge in [0.25, 0.3) is 0 Å². The first kappa shape index (κ1) is 11.7. The van der Waals surface area contributed by atoms with Crippen LogP contribution in [0.4, 0.5) is 0 Å². The molecule has 0 N–H and O–H groups in total. The van der Waals surface area contributed by atoms with Crippen molar-refractivity contribution in [2.45, 2.75) is 38.9 Å². The van der Waals surface area contributed by atoms with Crippen LogP contribution in [0.15, 0.2) is 36.4 Å². The highest BCUT2D eigenvalue weighted by Gasteiger charge is 2.34. The molecule has 0 radical (unpaired) electrons. The van der Waals surface area contributed by atoms with Gasteiger partial charge in [0.15, 0.2) is 0 Å². The van der Waals surface area contributed by atoms with Gasteiger partial charge in [-0.1, -0.05) is 46.0 Å². The van der Waals surface area contributed by atoms with Gasteiger partial charge in [-0.05, 0) is 17.7 Å². The Morgan fingerprint density at radius 2 is 1.75 bits per heavy atom. The summed E-state index contributed by atoms with van der Waals surface area (Å²) in [5.74, 6) is 2.32. The molecule has 0 aliphatic carbocycles. The molecular weight excluding hydrogens is 209 g/mol. The summed E-state index contributed by atoms with van der Waals surface area (Å²) in [6.07, 6.45) is 2.29. The van der Waals surface area contributed by atoms with Crippen molar-refractivity contribution in [2.75, 3.05) is 0 Å². The van der Waals surface area contributed by atoms with Crippen LogP contribution in [-0.2, 0) is 0 Å². The molecule has 0 spiro atoms. The number of fused-ring (bicyclic) bond motifs is 1. The summed E-state index contributed by atoms with van der Waals surface area (Å²) in [4.78, 5) is 0. The van der Waals surface area contributed by atoms with E-state index in [0.717, 1.165) is 0 Å². The van der Waals surface area contributed by atoms with E-state index in [2.05, 4.69) is 74.4 Å². The fourth-order valence-corrected chi connectivity index (χ4v) is 4.31. The molecule has 0 saturated carbocycles. The van der Waals surface area contributed by atoms with E-state index >= 15 is 0 Å². The molecule has 0 saturated heterocycles. The van der Waals surface area contributed by atoms with Gasteiger partial charge in [0.1, 0.15) is 8.24 Å². The van der Waals surface area contributed by atoms with Crippen LogP contribution in [0.3, 0.4) is 0 Å². The number of hydrogen-bond donors (Lipinski definition) is 0. The van der Waals surface area contributed by atoms with Crippen molar-refractivity contribution in [3.63, 3.8) is 0 Å². The molecule has 0 aromatic carbocycles. The summed E-state index contributed by atoms with van der Waals surface area (Å²) in [5.41, 5.74) is 1.44. The van der Waals surface area contributed by atoms with Gasteiger partial charge in [0.05, 0.1) is 0 Å². The normalized spacial score (nSPS) is 13.3. The highest BCUT2D eigenvalue weighted by Crippen LogP contribution is 2.37. The Balaban J connectivity index is 2.61. The monoisotopic (exact) mass is 230 g/mol. The molecule has 1 nitrogen and oxygen atoms in total. The first-order valence-corrected chi connectivity index (χ1v) is 8.97. The van der Waals surface area contributed by atoms with E-state index in [-0.39, 0.29) is 0 Å². The molecule has 3 heteroatoms. The summed E-state index contributed by atoms with van der Waals surface area (Å²) in [6, 6.07) is 8.84. The molecule has 0 unspecified atom stereocenters. The van der Waals surface area contributed by atoms with Crippen LogP contribution in [0.2, 0.25) is 18.1 Å². The lowest BCUT2D eigenvalue weighted by Gasteiger charge is -2.46. The Morgan fingerprint density at radius 3 is 2.38 bits per heavy atom. The smallest absolute Gasteiger partial charge is 0.114 e. The second-order valence-corrected chi connectivity index (χ2v) is 11.4. The SMILES string of the molecule is CC(C)(C)[Si](C)(C)n1cccc2ccc[b-]1-2. The van der Waals surface area contributed by atoms with Crippen molar-refractivity contribution >= 4 is 14.7 Å². The first-order chi connectivity index (χ1) is 7.34. The molecule has 0 aromatic rings. The third-order valence-corrected chi connectivity index (χ3v) is 9.63. The maximum absolute atomic E-state index is 2.61. The minimum absolute atomic E-state index is 0.385. The van der Waals surface area contributed by atoms with Gasteiger partial charge in [-0.15, -0.1) is 12.1 Å². The second kappa shape index (κ2) is 3.59. The molecule has 0 fully saturated rings. The van der Waals surface area contributed by atoms with Crippen molar-refractivity contribution in [1.29, 1.82) is 0 Å². The highest BCUT2D eigenvalue weighted by atomic mass is 28.3. The first-order valence-electron chi connectivity index (χ1n) is 6.02. The third-order valence-electron chi connectivity index (χ3n) is 4.24. The molecule has 0 aromatic heterocycles. The summed E-state index contributed by atoms with van der Waals surface area (Å²) >= 11 is 0. The van der Waals surface area contributed by atoms with E-state index in [1.54, 1.807) is 0 Å². The Bertz CT molecular complexity index is 467. The Morgan fingerprint density at radius 1 is 1.12 bits per heavy atom. The molecule has 2 heterocycles. The van der Waals surface area contributed by atoms with Crippen molar-refractivity contribution in [1.82, 2.24) is 4.14 Å². The topological polar surface area (TPSA) is 4.93 Å². The minimum atomic E-state index is -1.46. The number of rotatable bonds is 1. The molecule has 86 valence electrons. The van der Waals surface area contributed by atoms with Crippen LogP contribution < -0.4 is 0 Å². The average Bonchev–Trinajstić information content (AvgIpc) is 2.62. The molecule has 2 rings (SSSR count). The van der Waals surface area contributed by atoms with E-state index in [1.165, 1.54) is 5.46 Å². The molecule has 2 aliphatic rings. The molecule has 0 bridgehead atoms. The summed E-state index contributed by atoms with van der Waals surface area (Å²) in [5, 5.41) is 0.385. The van der Waals surface area contributed by atoms with Crippen molar-refractivity contribution in [3.05, 3.63) is 36.4 Å². The largest absolute Gasteiger partial charge is 0.587 e. The van der Waals surface area contributed by atoms with Gasteiger partial charge in [0, 0.05) is 0 Å². The van der Waals surface area contributed by atoms with E-state index in [9.17, 15) is 0 Å². The Kier molecular flexibility index (Phi) is 2.61. The maximum atomic E-state index is 2.61. The van der Waals surface area contributed by atoms with Crippen molar-refractivity contribution < 1.29 is 0 Å². The summed E-state index contributed by atoms with van der Waals surface area (Å²) < 4.78 is 2.61. The zero-order chi connectivity index (χ0) is 12.0. The van der Waals surface area contributed by atoms with Gasteiger partial charge in [-0.3, -0.25) is 0 Å². The van der Waals surface area contributed by atoms with Gasteiger partial charge in [-0.25, -0.2) is 11.4 Å². The third kappa shape index (κ3) is 1.67. The minimum Gasteiger partial charge on any atom is -0.587 e. The fourth-order valence-electron chi connectivity index (χ4n) is 2.15. The predicted octanol–water partition coefficient (Wildman–Crippen LogP) is 3.79. The quantitative estimate of drug-likeness (QED) is 0.657. The Labute approximate surface area is 100.0 Å². The van der Waals surface area contributed by atoms with Crippen LogP contribution in [0.25, 0.3) is 5.46 Å². The fraction of sp³-hybridized carbons (Fsp3) is 0.462. The molecule has 16 heavy (non-hydrogen) atoms. The van der Waals surface area contributed by atoms with E-state index < -0.39 is 8.24 Å². The van der Waals surface area contributed by atoms with E-state index in [1.807, 2.05) is 0 Å². The summed E-state index contributed by atoms with van der Waals surface area (Å²) in [7, 11) is -1.46. The maximum Gasteiger partial charge on any atom is 0.114 e. The van der Waals surface area contributed by atoms with Gasteiger partial charge in [0.2, 0.25) is 0 Å². The lowest BCUT2D eigenvalue weighted by atomic mass is 9.72. The van der Waals surface area contributed by atoms with Crippen molar-refractivity contribution in [3.8, 4) is 5.46 Å². The van der Waals surface area contributed by atoms with Crippen LogP contribution in [0, 0.1) is 0 Å². The van der Waals surface area contributed by atoms with Gasteiger partial charge < -0.3 is 4.14 Å². The van der Waals surface area contributed by atoms with Crippen LogP contribution in [-0.4, -0.2) is 18.9 Å². The number of aromatic nitrogens is 1. The van der Waals surface area contributed by atoms with Crippen molar-refractivity contribution in [2.24, 2.45) is 0 Å². The predicted molar refractivity (Wildman–Crippen MR) is 75.5 cm³/mol. The van der Waals surface area contributed by atoms with Crippen LogP contribution >= 0.6 is 0 Å². The highest BCUT2D eigenvalue weighted by molar-refractivity contribution is 6.85. The lowest BCUT2D eigenvalue weighted by Crippen LogP contribution is -2.48. The Hall–Kier alpha value is -0.828. The van der Waals surface area contributed by atoms with Crippen LogP contribution in [0.1, 0.15) is 20.8 Å². The molecule has 0 amide bonds. The molecule has 2 aliphatic heterocycles. The lowest BCUT2D eigenvalue weighted by molar-refractivity contribution is 0.705. The molecular formula is C13H21BNSi-. The van der Waals surface area contributed by atoms with Crippen LogP contribution in [0.5, 0.6) is 0 Å². The van der Waals surface area contributed by atoms with E-state index in [0.29, 0.717) is 11.5 Å². The number of hydrogen-bond acceptors (Lipinski definition) is 0. The zero-order valence-corrected chi connectivity index (χ0v) is 12.0. The number of nitrogens with zero attached hydrogens (tertiary/aromatic N) is 1. The molecule has 0 atom stereocenters. The standard InChI is InChI=1S/C13H21BNSi/c1-13(2,3)16(4,5)15-11-7-9-12-8-6-10-14(12)15/h6-11H,1-5H3/q-1. The summed E-state index contributed by atoms with van der Waals surface area (Å²) in [6.45, 7) is 12.5. The van der Waals surface area contributed by atoms with Gasteiger partial charge >= 0.3 is 0 Å². The average molecular weight is 230 g/mol. The van der Waals surface area contributed by atoms with E-state index in [4.69, 9.17) is 0 Å².